The summed E-state index contributed by atoms with van der Waals surface area (Å²) in [6.45, 7) is 4.31. The molecule has 2 rings (SSSR count). The van der Waals surface area contributed by atoms with Crippen LogP contribution in [0.3, 0.4) is 0 Å². The van der Waals surface area contributed by atoms with Crippen LogP contribution in [0.4, 0.5) is 10.1 Å². The van der Waals surface area contributed by atoms with E-state index in [4.69, 9.17) is 0 Å². The summed E-state index contributed by atoms with van der Waals surface area (Å²) in [5, 5.41) is 9.58. The highest BCUT2D eigenvalue weighted by atomic mass is 19.1. The van der Waals surface area contributed by atoms with Crippen molar-refractivity contribution in [2.75, 3.05) is 25.6 Å². The Morgan fingerprint density at radius 3 is 2.29 bits per heavy atom. The second kappa shape index (κ2) is 3.70. The monoisotopic (exact) mass is 237 g/mol. The molecule has 0 bridgehead atoms. The molecule has 1 aliphatic carbocycles. The normalized spacial score (nSPS) is 25.8. The van der Waals surface area contributed by atoms with E-state index in [2.05, 4.69) is 13.8 Å². The smallest absolute Gasteiger partial charge is 0.146 e. The fourth-order valence-corrected chi connectivity index (χ4v) is 2.73. The summed E-state index contributed by atoms with van der Waals surface area (Å²) in [6.07, 6.45) is 0.914. The van der Waals surface area contributed by atoms with E-state index >= 15 is 0 Å². The van der Waals surface area contributed by atoms with E-state index in [9.17, 15) is 9.50 Å². The van der Waals surface area contributed by atoms with Crippen molar-refractivity contribution >= 4 is 5.69 Å². The second-order valence-electron chi connectivity index (χ2n) is 5.86. The first-order chi connectivity index (χ1) is 7.84. The molecular weight excluding hydrogens is 217 g/mol. The maximum atomic E-state index is 13.9. The fourth-order valence-electron chi connectivity index (χ4n) is 2.73. The van der Waals surface area contributed by atoms with Crippen molar-refractivity contribution in [3.8, 4) is 0 Å². The molecular formula is C14H20FNO. The lowest BCUT2D eigenvalue weighted by Crippen LogP contribution is -2.20. The molecule has 17 heavy (non-hydrogen) atoms. The first kappa shape index (κ1) is 12.4. The van der Waals surface area contributed by atoms with Gasteiger partial charge in [-0.25, -0.2) is 4.39 Å². The molecule has 1 N–H and O–H groups in total. The Bertz CT molecular complexity index is 442. The Morgan fingerprint density at radius 1 is 1.35 bits per heavy atom. The van der Waals surface area contributed by atoms with Gasteiger partial charge >= 0.3 is 0 Å². The van der Waals surface area contributed by atoms with Crippen LogP contribution in [0, 0.1) is 11.2 Å². The summed E-state index contributed by atoms with van der Waals surface area (Å²) in [5.41, 5.74) is 1.31. The standard InChI is InChI=1S/C14H20FNO/c1-13(2)8-14(13,9-17)10-5-6-12(16(3)4)11(15)7-10/h5-7,17H,8-9H2,1-4H3. The zero-order valence-corrected chi connectivity index (χ0v) is 10.9. The Hall–Kier alpha value is -1.09. The van der Waals surface area contributed by atoms with Gasteiger partial charge in [-0.1, -0.05) is 19.9 Å². The summed E-state index contributed by atoms with van der Waals surface area (Å²) in [7, 11) is 3.64. The highest BCUT2D eigenvalue weighted by Crippen LogP contribution is 2.64. The second-order valence-corrected chi connectivity index (χ2v) is 5.86. The lowest BCUT2D eigenvalue weighted by atomic mass is 9.88. The number of benzene rings is 1. The number of hydrogen-bond acceptors (Lipinski definition) is 2. The lowest BCUT2D eigenvalue weighted by molar-refractivity contribution is 0.231. The van der Waals surface area contributed by atoms with Gasteiger partial charge < -0.3 is 10.0 Å². The maximum absolute atomic E-state index is 13.9. The summed E-state index contributed by atoms with van der Waals surface area (Å²) in [5.74, 6) is -0.219. The minimum atomic E-state index is -0.251. The van der Waals surface area contributed by atoms with Gasteiger partial charge in [0.2, 0.25) is 0 Å². The van der Waals surface area contributed by atoms with E-state index in [0.717, 1.165) is 12.0 Å². The summed E-state index contributed by atoms with van der Waals surface area (Å²) < 4.78 is 13.9. The van der Waals surface area contributed by atoms with Crippen molar-refractivity contribution in [2.45, 2.75) is 25.7 Å². The SMILES string of the molecule is CN(C)c1ccc(C2(CO)CC2(C)C)cc1F. The number of anilines is 1. The highest BCUT2D eigenvalue weighted by Gasteiger charge is 2.61. The van der Waals surface area contributed by atoms with Crippen LogP contribution >= 0.6 is 0 Å². The van der Waals surface area contributed by atoms with Crippen molar-refractivity contribution in [3.05, 3.63) is 29.6 Å². The molecule has 0 heterocycles. The van der Waals surface area contributed by atoms with Crippen LogP contribution in [0.25, 0.3) is 0 Å². The van der Waals surface area contributed by atoms with Gasteiger partial charge in [0.05, 0.1) is 12.3 Å². The molecule has 2 nitrogen and oxygen atoms in total. The van der Waals surface area contributed by atoms with E-state index in [1.54, 1.807) is 17.0 Å². The van der Waals surface area contributed by atoms with Crippen LogP contribution in [0.1, 0.15) is 25.8 Å². The van der Waals surface area contributed by atoms with E-state index < -0.39 is 0 Å². The minimum Gasteiger partial charge on any atom is -0.395 e. The van der Waals surface area contributed by atoms with Crippen LogP contribution in [0.2, 0.25) is 0 Å². The Balaban J connectivity index is 2.39. The largest absolute Gasteiger partial charge is 0.395 e. The maximum Gasteiger partial charge on any atom is 0.146 e. The van der Waals surface area contributed by atoms with Crippen molar-refractivity contribution in [2.24, 2.45) is 5.41 Å². The first-order valence-corrected chi connectivity index (χ1v) is 5.92. The van der Waals surface area contributed by atoms with Crippen molar-refractivity contribution in [3.63, 3.8) is 0 Å². The number of rotatable bonds is 3. The summed E-state index contributed by atoms with van der Waals surface area (Å²) >= 11 is 0. The average molecular weight is 237 g/mol. The molecule has 1 aliphatic rings. The van der Waals surface area contributed by atoms with Gasteiger partial charge in [-0.3, -0.25) is 0 Å². The van der Waals surface area contributed by atoms with Crippen LogP contribution in [-0.2, 0) is 5.41 Å². The third-order valence-electron chi connectivity index (χ3n) is 4.17. The molecule has 0 aromatic heterocycles. The van der Waals surface area contributed by atoms with Gasteiger partial charge in [-0.15, -0.1) is 0 Å². The third-order valence-corrected chi connectivity index (χ3v) is 4.17. The van der Waals surface area contributed by atoms with E-state index in [0.29, 0.717) is 5.69 Å². The van der Waals surface area contributed by atoms with Crippen LogP contribution < -0.4 is 4.90 Å². The minimum absolute atomic E-state index is 0.0633. The van der Waals surface area contributed by atoms with Crippen LogP contribution in [0.15, 0.2) is 18.2 Å². The topological polar surface area (TPSA) is 23.5 Å². The first-order valence-electron chi connectivity index (χ1n) is 5.92. The zero-order chi connectivity index (χ0) is 12.8. The Kier molecular flexibility index (Phi) is 2.69. The molecule has 0 saturated heterocycles. The van der Waals surface area contributed by atoms with Gasteiger partial charge in [-0.05, 0) is 29.5 Å². The van der Waals surface area contributed by atoms with Gasteiger partial charge in [0.25, 0.3) is 0 Å². The fraction of sp³-hybridized carbons (Fsp3) is 0.571. The van der Waals surface area contributed by atoms with Gasteiger partial charge in [0.1, 0.15) is 5.82 Å². The predicted octanol–water partition coefficient (Wildman–Crippen LogP) is 2.55. The molecule has 94 valence electrons. The number of halogens is 1. The molecule has 1 saturated carbocycles. The molecule has 0 aliphatic heterocycles. The van der Waals surface area contributed by atoms with Crippen molar-refractivity contribution in [1.82, 2.24) is 0 Å². The molecule has 1 aromatic carbocycles. The van der Waals surface area contributed by atoms with E-state index in [-0.39, 0.29) is 23.3 Å². The van der Waals surface area contributed by atoms with Gasteiger partial charge in [-0.2, -0.15) is 0 Å². The quantitative estimate of drug-likeness (QED) is 0.873. The number of aliphatic hydroxyl groups is 1. The zero-order valence-electron chi connectivity index (χ0n) is 10.9. The Morgan fingerprint density at radius 2 is 1.94 bits per heavy atom. The van der Waals surface area contributed by atoms with Crippen LogP contribution in [-0.4, -0.2) is 25.8 Å². The number of hydrogen-bond donors (Lipinski definition) is 1. The lowest BCUT2D eigenvalue weighted by Gasteiger charge is -2.20. The molecule has 1 unspecified atom stereocenters. The van der Waals surface area contributed by atoms with Crippen LogP contribution in [0.5, 0.6) is 0 Å². The molecule has 0 radical (unpaired) electrons. The van der Waals surface area contributed by atoms with E-state index in [1.165, 1.54) is 0 Å². The molecule has 1 atom stereocenters. The van der Waals surface area contributed by atoms with Crippen molar-refractivity contribution < 1.29 is 9.50 Å². The molecule has 3 heteroatoms. The van der Waals surface area contributed by atoms with Gasteiger partial charge in [0, 0.05) is 19.5 Å². The highest BCUT2D eigenvalue weighted by molar-refractivity contribution is 5.51. The van der Waals surface area contributed by atoms with Crippen molar-refractivity contribution in [1.29, 1.82) is 0 Å². The summed E-state index contributed by atoms with van der Waals surface area (Å²) in [6, 6.07) is 5.29. The summed E-state index contributed by atoms with van der Waals surface area (Å²) in [4.78, 5) is 1.75. The predicted molar refractivity (Wildman–Crippen MR) is 67.9 cm³/mol. The molecule has 0 amide bonds. The average Bonchev–Trinajstić information content (AvgIpc) is 2.81. The van der Waals surface area contributed by atoms with E-state index in [1.807, 2.05) is 20.2 Å². The molecule has 1 aromatic rings. The Labute approximate surface area is 102 Å². The third kappa shape index (κ3) is 1.73. The molecule has 1 fully saturated rings. The number of aliphatic hydroxyl groups excluding tert-OH is 1. The number of nitrogens with zero attached hydrogens (tertiary/aromatic N) is 1. The van der Waals surface area contributed by atoms with Gasteiger partial charge in [0.15, 0.2) is 0 Å². The molecule has 0 spiro atoms.